The molecular weight excluding hydrogens is 279 g/mol. The first kappa shape index (κ1) is 14.5. The summed E-state index contributed by atoms with van der Waals surface area (Å²) in [5.74, 6) is -1.26. The van der Waals surface area contributed by atoms with Crippen LogP contribution in [-0.2, 0) is 16.6 Å². The Bertz CT molecular complexity index is 607. The highest BCUT2D eigenvalue weighted by molar-refractivity contribution is 6.30. The summed E-state index contributed by atoms with van der Waals surface area (Å²) in [5, 5.41) is 10.1. The number of rotatable bonds is 4. The molecule has 0 heterocycles. The molecule has 2 rings (SSSR count). The number of halogens is 2. The predicted octanol–water partition coefficient (Wildman–Crippen LogP) is 4.06. The molecule has 20 heavy (non-hydrogen) atoms. The van der Waals surface area contributed by atoms with Gasteiger partial charge in [-0.25, -0.2) is 4.39 Å². The molecule has 1 N–H and O–H groups in total. The number of carbonyl (C=O) groups is 1. The molecule has 0 amide bonds. The number of carboxylic acids is 1. The molecule has 0 spiro atoms. The monoisotopic (exact) mass is 292 g/mol. The van der Waals surface area contributed by atoms with Crippen LogP contribution >= 0.6 is 11.6 Å². The van der Waals surface area contributed by atoms with Gasteiger partial charge in [0.2, 0.25) is 0 Å². The van der Waals surface area contributed by atoms with Gasteiger partial charge in [-0.1, -0.05) is 35.9 Å². The summed E-state index contributed by atoms with van der Waals surface area (Å²) >= 11 is 5.83. The number of hydrogen-bond donors (Lipinski definition) is 1. The van der Waals surface area contributed by atoms with Gasteiger partial charge < -0.3 is 5.11 Å². The zero-order chi connectivity index (χ0) is 14.8. The first-order valence-electron chi connectivity index (χ1n) is 6.16. The van der Waals surface area contributed by atoms with Gasteiger partial charge in [-0.2, -0.15) is 0 Å². The Morgan fingerprint density at radius 3 is 2.20 bits per heavy atom. The summed E-state index contributed by atoms with van der Waals surface area (Å²) in [6, 6.07) is 12.6. The van der Waals surface area contributed by atoms with Gasteiger partial charge >= 0.3 is 5.97 Å². The smallest absolute Gasteiger partial charge is 0.314 e. The molecule has 2 aromatic rings. The van der Waals surface area contributed by atoms with Crippen molar-refractivity contribution in [2.45, 2.75) is 18.8 Å². The fraction of sp³-hybridized carbons (Fsp3) is 0.188. The molecular formula is C16H14ClFO2. The highest BCUT2D eigenvalue weighted by Crippen LogP contribution is 2.29. The normalized spacial score (nSPS) is 13.8. The van der Waals surface area contributed by atoms with Crippen molar-refractivity contribution in [3.05, 3.63) is 70.5 Å². The fourth-order valence-electron chi connectivity index (χ4n) is 2.13. The van der Waals surface area contributed by atoms with Gasteiger partial charge in [0.1, 0.15) is 5.82 Å². The number of benzene rings is 2. The van der Waals surface area contributed by atoms with Crippen LogP contribution in [0.4, 0.5) is 4.39 Å². The molecule has 0 aliphatic heterocycles. The van der Waals surface area contributed by atoms with Crippen LogP contribution in [0, 0.1) is 5.82 Å². The van der Waals surface area contributed by atoms with Gasteiger partial charge in [-0.15, -0.1) is 0 Å². The zero-order valence-corrected chi connectivity index (χ0v) is 11.7. The van der Waals surface area contributed by atoms with E-state index in [0.717, 1.165) is 5.56 Å². The van der Waals surface area contributed by atoms with E-state index >= 15 is 0 Å². The van der Waals surface area contributed by atoms with E-state index in [4.69, 9.17) is 11.6 Å². The van der Waals surface area contributed by atoms with Gasteiger partial charge in [0.15, 0.2) is 0 Å². The lowest BCUT2D eigenvalue weighted by Crippen LogP contribution is -2.34. The summed E-state index contributed by atoms with van der Waals surface area (Å²) in [5.41, 5.74) is 0.354. The molecule has 0 aliphatic rings. The lowest BCUT2D eigenvalue weighted by molar-refractivity contribution is -0.143. The summed E-state index contributed by atoms with van der Waals surface area (Å²) in [7, 11) is 0. The Kier molecular flexibility index (Phi) is 4.09. The van der Waals surface area contributed by atoms with Crippen molar-refractivity contribution >= 4 is 17.6 Å². The molecule has 0 radical (unpaired) electrons. The molecule has 1 unspecified atom stereocenters. The first-order valence-corrected chi connectivity index (χ1v) is 6.53. The molecule has 2 aromatic carbocycles. The van der Waals surface area contributed by atoms with Crippen LogP contribution in [0.1, 0.15) is 18.1 Å². The maximum Gasteiger partial charge on any atom is 0.314 e. The Labute approximate surface area is 121 Å². The maximum atomic E-state index is 12.9. The van der Waals surface area contributed by atoms with Crippen LogP contribution in [0.2, 0.25) is 5.02 Å². The SMILES string of the molecule is CC(Cc1ccc(F)cc1)(C(=O)O)c1ccc(Cl)cc1. The summed E-state index contributed by atoms with van der Waals surface area (Å²) in [6.07, 6.45) is 0.282. The van der Waals surface area contributed by atoms with Crippen LogP contribution in [0.3, 0.4) is 0 Å². The topological polar surface area (TPSA) is 37.3 Å². The summed E-state index contributed by atoms with van der Waals surface area (Å²) < 4.78 is 12.9. The Morgan fingerprint density at radius 2 is 1.70 bits per heavy atom. The minimum atomic E-state index is -1.08. The molecule has 0 aromatic heterocycles. The quantitative estimate of drug-likeness (QED) is 0.922. The molecule has 0 saturated carbocycles. The highest BCUT2D eigenvalue weighted by atomic mass is 35.5. The number of aliphatic carboxylic acids is 1. The van der Waals surface area contributed by atoms with Gasteiger partial charge in [-0.05, 0) is 48.7 Å². The Morgan fingerprint density at radius 1 is 1.15 bits per heavy atom. The molecule has 1 atom stereocenters. The summed E-state index contributed by atoms with van der Waals surface area (Å²) in [6.45, 7) is 1.65. The molecule has 4 heteroatoms. The number of hydrogen-bond acceptors (Lipinski definition) is 1. The molecule has 0 bridgehead atoms. The van der Waals surface area contributed by atoms with Crippen molar-refractivity contribution in [2.75, 3.05) is 0 Å². The molecule has 104 valence electrons. The van der Waals surface area contributed by atoms with E-state index in [-0.39, 0.29) is 12.2 Å². The van der Waals surface area contributed by atoms with E-state index in [1.807, 2.05) is 0 Å². The second kappa shape index (κ2) is 5.63. The predicted molar refractivity (Wildman–Crippen MR) is 76.5 cm³/mol. The maximum absolute atomic E-state index is 12.9. The Hall–Kier alpha value is -1.87. The highest BCUT2D eigenvalue weighted by Gasteiger charge is 2.35. The van der Waals surface area contributed by atoms with Crippen LogP contribution in [0.5, 0.6) is 0 Å². The van der Waals surface area contributed by atoms with Crippen molar-refractivity contribution in [1.29, 1.82) is 0 Å². The van der Waals surface area contributed by atoms with Gasteiger partial charge in [-0.3, -0.25) is 4.79 Å². The molecule has 0 aliphatic carbocycles. The standard InChI is InChI=1S/C16H14ClFO2/c1-16(15(19)20,12-4-6-13(17)7-5-12)10-11-2-8-14(18)9-3-11/h2-9H,10H2,1H3,(H,19,20). The minimum Gasteiger partial charge on any atom is -0.481 e. The number of carboxylic acid groups (broad SMARTS) is 1. The third kappa shape index (κ3) is 2.99. The van der Waals surface area contributed by atoms with Gasteiger partial charge in [0.05, 0.1) is 5.41 Å². The average molecular weight is 293 g/mol. The van der Waals surface area contributed by atoms with Crippen molar-refractivity contribution in [3.8, 4) is 0 Å². The average Bonchev–Trinajstić information content (AvgIpc) is 2.42. The zero-order valence-electron chi connectivity index (χ0n) is 10.9. The lowest BCUT2D eigenvalue weighted by atomic mass is 9.77. The van der Waals surface area contributed by atoms with Crippen molar-refractivity contribution in [3.63, 3.8) is 0 Å². The second-order valence-electron chi connectivity index (χ2n) is 4.95. The summed E-state index contributed by atoms with van der Waals surface area (Å²) in [4.78, 5) is 11.7. The molecule has 2 nitrogen and oxygen atoms in total. The van der Waals surface area contributed by atoms with E-state index in [9.17, 15) is 14.3 Å². The van der Waals surface area contributed by atoms with Crippen LogP contribution in [0.15, 0.2) is 48.5 Å². The minimum absolute atomic E-state index is 0.282. The lowest BCUT2D eigenvalue weighted by Gasteiger charge is -2.25. The first-order chi connectivity index (χ1) is 9.41. The van der Waals surface area contributed by atoms with Crippen LogP contribution < -0.4 is 0 Å². The third-order valence-electron chi connectivity index (χ3n) is 3.42. The van der Waals surface area contributed by atoms with Crippen molar-refractivity contribution < 1.29 is 14.3 Å². The fourth-order valence-corrected chi connectivity index (χ4v) is 2.26. The van der Waals surface area contributed by atoms with E-state index in [1.54, 1.807) is 43.3 Å². The Balaban J connectivity index is 2.37. The molecule has 0 saturated heterocycles. The van der Waals surface area contributed by atoms with E-state index in [2.05, 4.69) is 0 Å². The van der Waals surface area contributed by atoms with Crippen LogP contribution in [-0.4, -0.2) is 11.1 Å². The van der Waals surface area contributed by atoms with Crippen molar-refractivity contribution in [2.24, 2.45) is 0 Å². The van der Waals surface area contributed by atoms with Gasteiger partial charge in [0.25, 0.3) is 0 Å². The van der Waals surface area contributed by atoms with E-state index in [0.29, 0.717) is 10.6 Å². The molecule has 0 fully saturated rings. The van der Waals surface area contributed by atoms with Gasteiger partial charge in [0, 0.05) is 5.02 Å². The second-order valence-corrected chi connectivity index (χ2v) is 5.38. The van der Waals surface area contributed by atoms with Crippen molar-refractivity contribution in [1.82, 2.24) is 0 Å². The largest absolute Gasteiger partial charge is 0.481 e. The third-order valence-corrected chi connectivity index (χ3v) is 3.68. The van der Waals surface area contributed by atoms with E-state index < -0.39 is 11.4 Å². The van der Waals surface area contributed by atoms with Crippen LogP contribution in [0.25, 0.3) is 0 Å². The van der Waals surface area contributed by atoms with E-state index in [1.165, 1.54) is 12.1 Å².